The number of halogens is 2. The zero-order chi connectivity index (χ0) is 11.5. The number of nitrogens with one attached hydrogen (secondary N) is 1. The molecule has 1 heterocycles. The molecule has 0 unspecified atom stereocenters. The topological polar surface area (TPSA) is 24.9 Å². The highest BCUT2D eigenvalue weighted by atomic mass is 35.5. The van der Waals surface area contributed by atoms with Gasteiger partial charge in [-0.1, -0.05) is 30.3 Å². The van der Waals surface area contributed by atoms with Crippen LogP contribution >= 0.6 is 24.8 Å². The molecule has 0 spiro atoms. The molecule has 0 saturated carbocycles. The highest BCUT2D eigenvalue weighted by molar-refractivity contribution is 5.85. The van der Waals surface area contributed by atoms with E-state index in [9.17, 15) is 0 Å². The van der Waals surface area contributed by atoms with E-state index in [0.717, 1.165) is 25.1 Å². The fourth-order valence-corrected chi connectivity index (χ4v) is 2.45. The zero-order valence-corrected chi connectivity index (χ0v) is 12.2. The standard InChI is InChI=1S/C15H16N2.2ClH/c1-2-6-13-10-15(9-12(13)5-1)17-11-14-7-3-4-8-16-14;;/h1-8,15,17H,9-11H2;2*1H. The Morgan fingerprint density at radius 2 is 1.58 bits per heavy atom. The number of aromatic nitrogens is 1. The van der Waals surface area contributed by atoms with Crippen molar-refractivity contribution in [3.63, 3.8) is 0 Å². The maximum absolute atomic E-state index is 4.33. The maximum atomic E-state index is 4.33. The summed E-state index contributed by atoms with van der Waals surface area (Å²) in [7, 11) is 0. The third-order valence-electron chi connectivity index (χ3n) is 3.35. The number of hydrogen-bond acceptors (Lipinski definition) is 2. The van der Waals surface area contributed by atoms with Crippen LogP contribution in [0.3, 0.4) is 0 Å². The number of benzene rings is 1. The Kier molecular flexibility index (Phi) is 6.29. The Hall–Kier alpha value is -1.09. The molecule has 1 aromatic carbocycles. The number of nitrogens with zero attached hydrogens (tertiary/aromatic N) is 1. The van der Waals surface area contributed by atoms with E-state index in [4.69, 9.17) is 0 Å². The summed E-state index contributed by atoms with van der Waals surface area (Å²) in [6, 6.07) is 15.3. The maximum Gasteiger partial charge on any atom is 0.0541 e. The van der Waals surface area contributed by atoms with Crippen LogP contribution in [0.1, 0.15) is 16.8 Å². The van der Waals surface area contributed by atoms with Crippen molar-refractivity contribution in [2.75, 3.05) is 0 Å². The first-order valence-corrected chi connectivity index (χ1v) is 6.12. The van der Waals surface area contributed by atoms with Crippen LogP contribution in [0.2, 0.25) is 0 Å². The molecular weight excluding hydrogens is 279 g/mol. The van der Waals surface area contributed by atoms with E-state index in [2.05, 4.69) is 40.6 Å². The highest BCUT2D eigenvalue weighted by Crippen LogP contribution is 2.21. The molecule has 102 valence electrons. The Labute approximate surface area is 126 Å². The van der Waals surface area contributed by atoms with E-state index in [1.54, 1.807) is 0 Å². The van der Waals surface area contributed by atoms with Crippen LogP contribution in [0.4, 0.5) is 0 Å². The summed E-state index contributed by atoms with van der Waals surface area (Å²) < 4.78 is 0. The van der Waals surface area contributed by atoms with Crippen molar-refractivity contribution in [3.8, 4) is 0 Å². The van der Waals surface area contributed by atoms with Gasteiger partial charge in [-0.25, -0.2) is 0 Å². The molecule has 1 aliphatic carbocycles. The predicted molar refractivity (Wildman–Crippen MR) is 83.2 cm³/mol. The molecule has 19 heavy (non-hydrogen) atoms. The van der Waals surface area contributed by atoms with Gasteiger partial charge in [0, 0.05) is 18.8 Å². The Morgan fingerprint density at radius 1 is 0.947 bits per heavy atom. The predicted octanol–water partition coefficient (Wildman–Crippen LogP) is 3.18. The lowest BCUT2D eigenvalue weighted by Crippen LogP contribution is -2.29. The Balaban J connectivity index is 0.000000902. The summed E-state index contributed by atoms with van der Waals surface area (Å²) in [6.45, 7) is 0.861. The molecule has 0 atom stereocenters. The van der Waals surface area contributed by atoms with Gasteiger partial charge in [0.2, 0.25) is 0 Å². The summed E-state index contributed by atoms with van der Waals surface area (Å²) in [5.74, 6) is 0. The normalized spacial score (nSPS) is 13.3. The Morgan fingerprint density at radius 3 is 2.16 bits per heavy atom. The first-order chi connectivity index (χ1) is 8.42. The fraction of sp³-hybridized carbons (Fsp3) is 0.267. The van der Waals surface area contributed by atoms with E-state index >= 15 is 0 Å². The van der Waals surface area contributed by atoms with E-state index in [-0.39, 0.29) is 24.8 Å². The summed E-state index contributed by atoms with van der Waals surface area (Å²) >= 11 is 0. The third-order valence-corrected chi connectivity index (χ3v) is 3.35. The second-order valence-corrected chi connectivity index (χ2v) is 4.58. The summed E-state index contributed by atoms with van der Waals surface area (Å²) in [5, 5.41) is 3.58. The number of pyridine rings is 1. The molecule has 0 fully saturated rings. The fourth-order valence-electron chi connectivity index (χ4n) is 2.45. The summed E-state index contributed by atoms with van der Waals surface area (Å²) in [5.41, 5.74) is 4.10. The van der Waals surface area contributed by atoms with Crippen LogP contribution < -0.4 is 5.32 Å². The zero-order valence-electron chi connectivity index (χ0n) is 10.6. The van der Waals surface area contributed by atoms with Crippen molar-refractivity contribution in [3.05, 3.63) is 65.5 Å². The number of fused-ring (bicyclic) bond motifs is 1. The van der Waals surface area contributed by atoms with Gasteiger partial charge in [-0.2, -0.15) is 0 Å². The molecule has 1 N–H and O–H groups in total. The van der Waals surface area contributed by atoms with Gasteiger partial charge < -0.3 is 5.32 Å². The lowest BCUT2D eigenvalue weighted by atomic mass is 10.1. The molecular formula is C15H18Cl2N2. The largest absolute Gasteiger partial charge is 0.308 e. The smallest absolute Gasteiger partial charge is 0.0541 e. The van der Waals surface area contributed by atoms with Gasteiger partial charge in [-0.3, -0.25) is 4.98 Å². The van der Waals surface area contributed by atoms with Crippen molar-refractivity contribution >= 4 is 24.8 Å². The lowest BCUT2D eigenvalue weighted by molar-refractivity contribution is 0.528. The second-order valence-electron chi connectivity index (χ2n) is 4.58. The summed E-state index contributed by atoms with van der Waals surface area (Å²) in [4.78, 5) is 4.33. The van der Waals surface area contributed by atoms with Gasteiger partial charge in [0.1, 0.15) is 0 Å². The highest BCUT2D eigenvalue weighted by Gasteiger charge is 2.19. The molecule has 0 saturated heterocycles. The molecule has 0 amide bonds. The van der Waals surface area contributed by atoms with E-state index < -0.39 is 0 Å². The van der Waals surface area contributed by atoms with Crippen molar-refractivity contribution in [1.29, 1.82) is 0 Å². The van der Waals surface area contributed by atoms with Crippen molar-refractivity contribution < 1.29 is 0 Å². The molecule has 1 aromatic heterocycles. The van der Waals surface area contributed by atoms with Crippen LogP contribution in [0, 0.1) is 0 Å². The van der Waals surface area contributed by atoms with E-state index in [1.165, 1.54) is 11.1 Å². The SMILES string of the molecule is Cl.Cl.c1ccc(CNC2Cc3ccccc3C2)nc1. The number of rotatable bonds is 3. The van der Waals surface area contributed by atoms with Gasteiger partial charge in [-0.05, 0) is 36.1 Å². The lowest BCUT2D eigenvalue weighted by Gasteiger charge is -2.11. The monoisotopic (exact) mass is 296 g/mol. The second kappa shape index (κ2) is 7.49. The molecule has 0 bridgehead atoms. The minimum atomic E-state index is 0. The van der Waals surface area contributed by atoms with Gasteiger partial charge in [0.25, 0.3) is 0 Å². The summed E-state index contributed by atoms with van der Waals surface area (Å²) in [6.07, 6.45) is 4.13. The van der Waals surface area contributed by atoms with Crippen LogP contribution in [0.15, 0.2) is 48.7 Å². The average molecular weight is 297 g/mol. The van der Waals surface area contributed by atoms with Crippen LogP contribution in [0.25, 0.3) is 0 Å². The van der Waals surface area contributed by atoms with Crippen LogP contribution in [-0.4, -0.2) is 11.0 Å². The minimum absolute atomic E-state index is 0. The van der Waals surface area contributed by atoms with Crippen LogP contribution in [-0.2, 0) is 19.4 Å². The third kappa shape index (κ3) is 3.93. The van der Waals surface area contributed by atoms with Crippen molar-refractivity contribution in [2.24, 2.45) is 0 Å². The number of hydrogen-bond donors (Lipinski definition) is 1. The van der Waals surface area contributed by atoms with Crippen molar-refractivity contribution in [2.45, 2.75) is 25.4 Å². The molecule has 4 heteroatoms. The van der Waals surface area contributed by atoms with Gasteiger partial charge >= 0.3 is 0 Å². The quantitative estimate of drug-likeness (QED) is 0.941. The first kappa shape index (κ1) is 16.0. The molecule has 1 aliphatic rings. The minimum Gasteiger partial charge on any atom is -0.308 e. The van der Waals surface area contributed by atoms with E-state index in [0.29, 0.717) is 6.04 Å². The Bertz CT molecular complexity index is 478. The molecule has 0 aliphatic heterocycles. The van der Waals surface area contributed by atoms with Crippen LogP contribution in [0.5, 0.6) is 0 Å². The average Bonchev–Trinajstić information content (AvgIpc) is 2.80. The molecule has 2 aromatic rings. The first-order valence-electron chi connectivity index (χ1n) is 6.12. The van der Waals surface area contributed by atoms with Gasteiger partial charge in [0.05, 0.1) is 5.69 Å². The molecule has 0 radical (unpaired) electrons. The molecule has 3 rings (SSSR count). The van der Waals surface area contributed by atoms with Gasteiger partial charge in [0.15, 0.2) is 0 Å². The van der Waals surface area contributed by atoms with Crippen molar-refractivity contribution in [1.82, 2.24) is 10.3 Å². The van der Waals surface area contributed by atoms with Gasteiger partial charge in [-0.15, -0.1) is 24.8 Å². The van der Waals surface area contributed by atoms with E-state index in [1.807, 2.05) is 18.3 Å². The molecule has 2 nitrogen and oxygen atoms in total.